The van der Waals surface area contributed by atoms with Gasteiger partial charge in [-0.3, -0.25) is 19.4 Å². The van der Waals surface area contributed by atoms with E-state index in [9.17, 15) is 32.7 Å². The van der Waals surface area contributed by atoms with Gasteiger partial charge in [0.15, 0.2) is 0 Å². The minimum absolute atomic E-state index is 0.0620. The number of aromatic nitrogens is 1. The summed E-state index contributed by atoms with van der Waals surface area (Å²) in [7, 11) is 1.33. The average molecular weight is 518 g/mol. The van der Waals surface area contributed by atoms with Gasteiger partial charge in [0.25, 0.3) is 0 Å². The highest BCUT2D eigenvalue weighted by molar-refractivity contribution is 5.96. The highest BCUT2D eigenvalue weighted by Gasteiger charge is 2.76. The van der Waals surface area contributed by atoms with Crippen LogP contribution in [0.3, 0.4) is 0 Å². The van der Waals surface area contributed by atoms with Crippen LogP contribution in [0, 0.1) is 10.8 Å². The zero-order valence-corrected chi connectivity index (χ0v) is 20.1. The summed E-state index contributed by atoms with van der Waals surface area (Å²) in [6, 6.07) is 6.24. The Morgan fingerprint density at radius 1 is 1.14 bits per heavy atom. The van der Waals surface area contributed by atoms with Gasteiger partial charge in [-0.15, -0.1) is 0 Å². The first-order valence-corrected chi connectivity index (χ1v) is 12.0. The fraction of sp³-hybridized carbons (Fsp3) is 0.462. The third kappa shape index (κ3) is 4.30. The van der Waals surface area contributed by atoms with Crippen molar-refractivity contribution in [1.29, 1.82) is 0 Å². The second kappa shape index (κ2) is 8.74. The van der Waals surface area contributed by atoms with Crippen LogP contribution in [0.5, 0.6) is 5.75 Å². The van der Waals surface area contributed by atoms with Crippen molar-refractivity contribution in [3.8, 4) is 5.75 Å². The first-order chi connectivity index (χ1) is 17.5. The number of hydrogen-bond donors (Lipinski definition) is 2. The van der Waals surface area contributed by atoms with Gasteiger partial charge in [-0.05, 0) is 60.6 Å². The Kier molecular flexibility index (Phi) is 5.91. The van der Waals surface area contributed by atoms with Crippen molar-refractivity contribution >= 4 is 17.8 Å². The van der Waals surface area contributed by atoms with E-state index in [1.165, 1.54) is 19.2 Å². The smallest absolute Gasteiger partial charge is 0.433 e. The van der Waals surface area contributed by atoms with Crippen LogP contribution in [0.1, 0.15) is 41.6 Å². The molecule has 2 amide bonds. The minimum atomic E-state index is -4.52. The van der Waals surface area contributed by atoms with Crippen LogP contribution < -0.4 is 5.32 Å². The van der Waals surface area contributed by atoms with E-state index >= 15 is 0 Å². The molecule has 2 N–H and O–H groups in total. The van der Waals surface area contributed by atoms with Crippen molar-refractivity contribution in [2.75, 3.05) is 13.7 Å². The lowest BCUT2D eigenvalue weighted by atomic mass is 9.34. The number of methoxy groups -OCH3 is 1. The lowest BCUT2D eigenvalue weighted by Gasteiger charge is -2.68. The number of halogens is 3. The van der Waals surface area contributed by atoms with Gasteiger partial charge in [0.05, 0.1) is 17.9 Å². The van der Waals surface area contributed by atoms with Crippen LogP contribution in [0.15, 0.2) is 36.5 Å². The van der Waals surface area contributed by atoms with Gasteiger partial charge in [-0.2, -0.15) is 13.2 Å². The third-order valence-corrected chi connectivity index (χ3v) is 7.81. The van der Waals surface area contributed by atoms with E-state index in [1.54, 1.807) is 17.0 Å². The highest BCUT2D eigenvalue weighted by atomic mass is 19.4. The lowest BCUT2D eigenvalue weighted by Crippen LogP contribution is -2.72. The van der Waals surface area contributed by atoms with Crippen LogP contribution in [0.2, 0.25) is 0 Å². The number of amides is 2. The molecule has 3 saturated carbocycles. The van der Waals surface area contributed by atoms with Gasteiger partial charge < -0.3 is 20.1 Å². The van der Waals surface area contributed by atoms with Gasteiger partial charge in [0.2, 0.25) is 11.8 Å². The molecule has 6 rings (SSSR count). The summed E-state index contributed by atoms with van der Waals surface area (Å²) >= 11 is 0. The standard InChI is InChI=1S/C26H26F3N3O5/c1-37-23(36)25-12-24(13-25,14-25)22(35)32-11-16-3-4-18(33)8-17(16)9-19(32)21(34)30-7-6-15-2-5-20(31-10-15)26(27,28)29/h2-5,8,10,19,33H,6-7,9,11-14H2,1H3,(H,30,34). The summed E-state index contributed by atoms with van der Waals surface area (Å²) in [5.74, 6) is -0.818. The summed E-state index contributed by atoms with van der Waals surface area (Å²) in [4.78, 5) is 43.9. The number of ether oxygens (including phenoxy) is 1. The van der Waals surface area contributed by atoms with Crippen molar-refractivity contribution in [3.05, 3.63) is 58.9 Å². The molecule has 1 aromatic heterocycles. The molecule has 37 heavy (non-hydrogen) atoms. The van der Waals surface area contributed by atoms with Crippen LogP contribution >= 0.6 is 0 Å². The Hall–Kier alpha value is -3.63. The first kappa shape index (κ1) is 25.0. The number of benzene rings is 1. The molecule has 2 aromatic rings. The molecule has 196 valence electrons. The molecule has 0 saturated heterocycles. The van der Waals surface area contributed by atoms with Crippen LogP contribution in [-0.2, 0) is 44.7 Å². The minimum Gasteiger partial charge on any atom is -0.508 e. The van der Waals surface area contributed by atoms with Gasteiger partial charge in [0, 0.05) is 25.7 Å². The number of rotatable bonds is 6. The Balaban J connectivity index is 1.27. The molecule has 1 atom stereocenters. The van der Waals surface area contributed by atoms with E-state index in [1.807, 2.05) is 0 Å². The molecule has 11 heteroatoms. The van der Waals surface area contributed by atoms with E-state index in [0.717, 1.165) is 23.4 Å². The van der Waals surface area contributed by atoms with E-state index in [0.29, 0.717) is 24.8 Å². The largest absolute Gasteiger partial charge is 0.508 e. The van der Waals surface area contributed by atoms with Crippen molar-refractivity contribution in [2.45, 2.75) is 50.9 Å². The zero-order valence-electron chi connectivity index (χ0n) is 20.1. The molecule has 3 aliphatic carbocycles. The first-order valence-electron chi connectivity index (χ1n) is 12.0. The summed E-state index contributed by atoms with van der Waals surface area (Å²) in [6.45, 7) is 0.343. The molecule has 1 unspecified atom stereocenters. The molecule has 4 aliphatic rings. The molecule has 1 aromatic carbocycles. The maximum absolute atomic E-state index is 13.6. The number of hydrogen-bond acceptors (Lipinski definition) is 6. The van der Waals surface area contributed by atoms with E-state index in [4.69, 9.17) is 4.74 Å². The van der Waals surface area contributed by atoms with Crippen molar-refractivity contribution in [3.63, 3.8) is 0 Å². The van der Waals surface area contributed by atoms with Gasteiger partial charge >= 0.3 is 12.1 Å². The van der Waals surface area contributed by atoms with Crippen molar-refractivity contribution in [1.82, 2.24) is 15.2 Å². The molecule has 3 fully saturated rings. The number of alkyl halides is 3. The summed E-state index contributed by atoms with van der Waals surface area (Å²) < 4.78 is 43.0. The molecule has 8 nitrogen and oxygen atoms in total. The van der Waals surface area contributed by atoms with E-state index in [-0.39, 0.29) is 43.6 Å². The molecular formula is C26H26F3N3O5. The Morgan fingerprint density at radius 3 is 2.49 bits per heavy atom. The zero-order chi connectivity index (χ0) is 26.6. The predicted octanol–water partition coefficient (Wildman–Crippen LogP) is 2.76. The fourth-order valence-corrected chi connectivity index (χ4v) is 5.96. The molecule has 2 heterocycles. The second-order valence-electron chi connectivity index (χ2n) is 10.3. The molecule has 0 radical (unpaired) electrons. The van der Waals surface area contributed by atoms with E-state index in [2.05, 4.69) is 10.3 Å². The fourth-order valence-electron chi connectivity index (χ4n) is 5.96. The maximum Gasteiger partial charge on any atom is 0.433 e. The van der Waals surface area contributed by atoms with Crippen molar-refractivity contribution < 1.29 is 37.4 Å². The van der Waals surface area contributed by atoms with Gasteiger partial charge in [-0.25, -0.2) is 0 Å². The number of phenols is 1. The highest BCUT2D eigenvalue weighted by Crippen LogP contribution is 2.74. The number of aromatic hydroxyl groups is 1. The van der Waals surface area contributed by atoms with Crippen LogP contribution in [-0.4, -0.2) is 52.5 Å². The summed E-state index contributed by atoms with van der Waals surface area (Å²) in [5, 5.41) is 12.7. The number of esters is 1. The monoisotopic (exact) mass is 517 g/mol. The molecule has 1 aliphatic heterocycles. The number of carbonyl (C=O) groups is 3. The maximum atomic E-state index is 13.6. The molecule has 0 spiro atoms. The Bertz CT molecular complexity index is 1240. The molecule has 2 bridgehead atoms. The quantitative estimate of drug-likeness (QED) is 0.571. The number of carbonyl (C=O) groups excluding carboxylic acids is 3. The number of nitrogens with one attached hydrogen (secondary N) is 1. The van der Waals surface area contributed by atoms with E-state index < -0.39 is 34.6 Å². The second-order valence-corrected chi connectivity index (χ2v) is 10.3. The number of phenolic OH excluding ortho intramolecular Hbond substituents is 1. The predicted molar refractivity (Wildman–Crippen MR) is 123 cm³/mol. The average Bonchev–Trinajstić information content (AvgIpc) is 2.81. The topological polar surface area (TPSA) is 109 Å². The lowest BCUT2D eigenvalue weighted by molar-refractivity contribution is -0.230. The number of pyridine rings is 1. The molecular weight excluding hydrogens is 491 g/mol. The summed E-state index contributed by atoms with van der Waals surface area (Å²) in [6.07, 6.45) is -1.71. The van der Waals surface area contributed by atoms with Crippen LogP contribution in [0.4, 0.5) is 13.2 Å². The summed E-state index contributed by atoms with van der Waals surface area (Å²) in [5.41, 5.74) is -0.131. The number of fused-ring (bicyclic) bond motifs is 1. The van der Waals surface area contributed by atoms with Crippen LogP contribution in [0.25, 0.3) is 0 Å². The number of nitrogens with zero attached hydrogens (tertiary/aromatic N) is 2. The Labute approximate surface area is 210 Å². The normalized spacial score (nSPS) is 25.8. The van der Waals surface area contributed by atoms with Gasteiger partial charge in [0.1, 0.15) is 17.5 Å². The van der Waals surface area contributed by atoms with Gasteiger partial charge in [-0.1, -0.05) is 12.1 Å². The third-order valence-electron chi connectivity index (χ3n) is 7.81. The Morgan fingerprint density at radius 2 is 1.86 bits per heavy atom. The van der Waals surface area contributed by atoms with Crippen molar-refractivity contribution in [2.24, 2.45) is 10.8 Å². The SMILES string of the molecule is COC(=O)C12CC(C(=O)N3Cc4ccc(O)cc4CC3C(=O)NCCc3ccc(C(F)(F)F)nc3)(C1)C2.